The van der Waals surface area contributed by atoms with Gasteiger partial charge in [0, 0.05) is 30.6 Å². The minimum absolute atomic E-state index is 0.0536. The van der Waals surface area contributed by atoms with Gasteiger partial charge in [-0.05, 0) is 83.3 Å². The molecule has 6 rings (SSSR count). The smallest absolute Gasteiger partial charge is 0.123 e. The van der Waals surface area contributed by atoms with Gasteiger partial charge in [0.25, 0.3) is 0 Å². The van der Waals surface area contributed by atoms with Crippen molar-refractivity contribution in [3.05, 3.63) is 94.0 Å². The van der Waals surface area contributed by atoms with Gasteiger partial charge in [0.2, 0.25) is 0 Å². The van der Waals surface area contributed by atoms with Crippen molar-refractivity contribution in [3.8, 4) is 5.75 Å². The van der Waals surface area contributed by atoms with E-state index in [1.807, 2.05) is 6.07 Å². The van der Waals surface area contributed by atoms with E-state index in [2.05, 4.69) is 53.4 Å². The number of anilines is 1. The molecule has 4 nitrogen and oxygen atoms in total. The Morgan fingerprint density at radius 2 is 1.61 bits per heavy atom. The molecular weight excluding hydrogens is 410 g/mol. The van der Waals surface area contributed by atoms with Crippen LogP contribution in [0.1, 0.15) is 58.2 Å². The zero-order chi connectivity index (χ0) is 22.4. The Labute approximate surface area is 194 Å². The molecule has 2 atom stereocenters. The molecule has 3 aromatic rings. The van der Waals surface area contributed by atoms with Crippen LogP contribution in [0.2, 0.25) is 0 Å². The SMILES string of the molecule is O=CC1CCN(c2ccc([C@H]3c4ccc(O)cc4CO[C@H]3c3ccc4c(c3)CC4)cc2)CC1. The van der Waals surface area contributed by atoms with Crippen molar-refractivity contribution in [1.29, 1.82) is 0 Å². The molecule has 33 heavy (non-hydrogen) atoms. The zero-order valence-corrected chi connectivity index (χ0v) is 18.7. The number of carbonyl (C=O) groups is 1. The Hall–Kier alpha value is -3.11. The highest BCUT2D eigenvalue weighted by Crippen LogP contribution is 2.46. The second-order valence-corrected chi connectivity index (χ2v) is 9.67. The molecule has 2 heterocycles. The summed E-state index contributed by atoms with van der Waals surface area (Å²) in [6.45, 7) is 2.36. The number of benzene rings is 3. The Bertz CT molecular complexity index is 1180. The van der Waals surface area contributed by atoms with E-state index in [1.165, 1.54) is 39.9 Å². The van der Waals surface area contributed by atoms with E-state index in [0.717, 1.165) is 44.2 Å². The predicted octanol–water partition coefficient (Wildman–Crippen LogP) is 5.31. The summed E-state index contributed by atoms with van der Waals surface area (Å²) in [6.07, 6.45) is 5.24. The number of hydrogen-bond donors (Lipinski definition) is 1. The summed E-state index contributed by atoms with van der Waals surface area (Å²) in [5.74, 6) is 0.559. The molecule has 0 amide bonds. The minimum Gasteiger partial charge on any atom is -0.508 e. The molecule has 3 aliphatic rings. The average molecular weight is 440 g/mol. The highest BCUT2D eigenvalue weighted by Gasteiger charge is 2.34. The third-order valence-corrected chi connectivity index (χ3v) is 7.75. The normalized spacial score (nSPS) is 22.2. The summed E-state index contributed by atoms with van der Waals surface area (Å²) in [5.41, 5.74) is 8.85. The van der Waals surface area contributed by atoms with Crippen molar-refractivity contribution in [3.63, 3.8) is 0 Å². The number of carbonyl (C=O) groups excluding carboxylic acids is 1. The van der Waals surface area contributed by atoms with Gasteiger partial charge in [-0.1, -0.05) is 36.4 Å². The number of phenolic OH excluding ortho intramolecular Hbond substituents is 1. The first kappa shape index (κ1) is 20.5. The molecule has 1 fully saturated rings. The predicted molar refractivity (Wildman–Crippen MR) is 129 cm³/mol. The highest BCUT2D eigenvalue weighted by molar-refractivity contribution is 5.56. The number of aryl methyl sites for hydroxylation is 2. The zero-order valence-electron chi connectivity index (χ0n) is 18.7. The van der Waals surface area contributed by atoms with Crippen LogP contribution >= 0.6 is 0 Å². The van der Waals surface area contributed by atoms with Crippen molar-refractivity contribution in [1.82, 2.24) is 0 Å². The van der Waals surface area contributed by atoms with Crippen LogP contribution in [0.5, 0.6) is 5.75 Å². The van der Waals surface area contributed by atoms with Crippen LogP contribution in [0.25, 0.3) is 0 Å². The number of fused-ring (bicyclic) bond motifs is 2. The van der Waals surface area contributed by atoms with E-state index in [-0.39, 0.29) is 23.7 Å². The van der Waals surface area contributed by atoms with Crippen molar-refractivity contribution in [2.75, 3.05) is 18.0 Å². The molecule has 4 heteroatoms. The molecular formula is C29H29NO3. The van der Waals surface area contributed by atoms with E-state index < -0.39 is 0 Å². The third-order valence-electron chi connectivity index (χ3n) is 7.75. The summed E-state index contributed by atoms with van der Waals surface area (Å²) in [6, 6.07) is 21.4. The molecule has 0 aromatic heterocycles. The van der Waals surface area contributed by atoms with Crippen LogP contribution in [0.4, 0.5) is 5.69 Å². The molecule has 0 unspecified atom stereocenters. The molecule has 1 saturated heterocycles. The number of rotatable bonds is 4. The van der Waals surface area contributed by atoms with Gasteiger partial charge in [-0.15, -0.1) is 0 Å². The Balaban J connectivity index is 1.34. The van der Waals surface area contributed by atoms with Gasteiger partial charge in [-0.2, -0.15) is 0 Å². The van der Waals surface area contributed by atoms with Crippen molar-refractivity contribution in [2.24, 2.45) is 5.92 Å². The van der Waals surface area contributed by atoms with Crippen molar-refractivity contribution < 1.29 is 14.6 Å². The molecule has 0 saturated carbocycles. The fourth-order valence-corrected chi connectivity index (χ4v) is 5.68. The molecule has 3 aromatic carbocycles. The summed E-state index contributed by atoms with van der Waals surface area (Å²) in [4.78, 5) is 13.5. The topological polar surface area (TPSA) is 49.8 Å². The minimum atomic E-state index is -0.0536. The van der Waals surface area contributed by atoms with Gasteiger partial charge in [0.1, 0.15) is 12.0 Å². The van der Waals surface area contributed by atoms with Gasteiger partial charge < -0.3 is 19.5 Å². The largest absolute Gasteiger partial charge is 0.508 e. The second kappa shape index (κ2) is 8.35. The first-order valence-electron chi connectivity index (χ1n) is 12.0. The van der Waals surface area contributed by atoms with Crippen molar-refractivity contribution >= 4 is 12.0 Å². The summed E-state index contributed by atoms with van der Waals surface area (Å²) in [7, 11) is 0. The van der Waals surface area contributed by atoms with Crippen LogP contribution in [-0.4, -0.2) is 24.5 Å². The van der Waals surface area contributed by atoms with Crippen LogP contribution in [0.3, 0.4) is 0 Å². The Kier molecular flexibility index (Phi) is 5.18. The fourth-order valence-electron chi connectivity index (χ4n) is 5.68. The van der Waals surface area contributed by atoms with Gasteiger partial charge in [0.15, 0.2) is 0 Å². The lowest BCUT2D eigenvalue weighted by molar-refractivity contribution is -0.111. The van der Waals surface area contributed by atoms with Crippen molar-refractivity contribution in [2.45, 2.75) is 44.3 Å². The van der Waals surface area contributed by atoms with E-state index in [9.17, 15) is 9.90 Å². The maximum atomic E-state index is 11.1. The standard InChI is InChI=1S/C29H29NO3/c31-17-19-11-13-30(14-12-19)25-7-5-21(6-8-25)28-27-10-9-26(32)16-24(27)18-33-29(28)23-4-2-20-1-3-22(20)15-23/h2,4-10,15-17,19,28-29,32H,1,3,11-14,18H2/t28-,29-/m0/s1. The van der Waals surface area contributed by atoms with Crippen LogP contribution in [0.15, 0.2) is 60.7 Å². The number of aromatic hydroxyl groups is 1. The van der Waals surface area contributed by atoms with E-state index in [0.29, 0.717) is 6.61 Å². The number of hydrogen-bond acceptors (Lipinski definition) is 4. The summed E-state index contributed by atoms with van der Waals surface area (Å²) >= 11 is 0. The lowest BCUT2D eigenvalue weighted by Gasteiger charge is -2.36. The van der Waals surface area contributed by atoms with Gasteiger partial charge >= 0.3 is 0 Å². The quantitative estimate of drug-likeness (QED) is 0.560. The van der Waals surface area contributed by atoms with Crippen LogP contribution in [0, 0.1) is 5.92 Å². The van der Waals surface area contributed by atoms with Crippen LogP contribution < -0.4 is 4.90 Å². The number of phenols is 1. The lowest BCUT2D eigenvalue weighted by atomic mass is 9.78. The fraction of sp³-hybridized carbons (Fsp3) is 0.345. The number of aldehydes is 1. The number of piperidine rings is 1. The monoisotopic (exact) mass is 439 g/mol. The van der Waals surface area contributed by atoms with E-state index in [1.54, 1.807) is 6.07 Å². The maximum absolute atomic E-state index is 11.1. The molecule has 1 N–H and O–H groups in total. The first-order chi connectivity index (χ1) is 16.2. The number of nitrogens with zero attached hydrogens (tertiary/aromatic N) is 1. The molecule has 168 valence electrons. The van der Waals surface area contributed by atoms with Crippen LogP contribution in [-0.2, 0) is 29.0 Å². The molecule has 2 aliphatic heterocycles. The molecule has 0 spiro atoms. The van der Waals surface area contributed by atoms with Gasteiger partial charge in [0.05, 0.1) is 12.7 Å². The van der Waals surface area contributed by atoms with E-state index in [4.69, 9.17) is 4.74 Å². The third kappa shape index (κ3) is 3.72. The highest BCUT2D eigenvalue weighted by atomic mass is 16.5. The second-order valence-electron chi connectivity index (χ2n) is 9.67. The molecule has 0 bridgehead atoms. The maximum Gasteiger partial charge on any atom is 0.123 e. The first-order valence-corrected chi connectivity index (χ1v) is 12.0. The lowest BCUT2D eigenvalue weighted by Crippen LogP contribution is -2.34. The van der Waals surface area contributed by atoms with Gasteiger partial charge in [-0.25, -0.2) is 0 Å². The Morgan fingerprint density at radius 3 is 2.30 bits per heavy atom. The Morgan fingerprint density at radius 1 is 0.848 bits per heavy atom. The summed E-state index contributed by atoms with van der Waals surface area (Å²) in [5, 5.41) is 10.0. The summed E-state index contributed by atoms with van der Waals surface area (Å²) < 4.78 is 6.45. The molecule has 1 aliphatic carbocycles. The van der Waals surface area contributed by atoms with Gasteiger partial charge in [-0.3, -0.25) is 0 Å². The molecule has 0 radical (unpaired) electrons. The average Bonchev–Trinajstić information content (AvgIpc) is 2.84. The number of ether oxygens (including phenoxy) is 1. The van der Waals surface area contributed by atoms with E-state index >= 15 is 0 Å².